The molecular weight excluding hydrogens is 192 g/mol. The lowest BCUT2D eigenvalue weighted by Gasteiger charge is -2.23. The molecule has 1 aliphatic rings. The van der Waals surface area contributed by atoms with Gasteiger partial charge in [0.25, 0.3) is 0 Å². The summed E-state index contributed by atoms with van der Waals surface area (Å²) in [5.74, 6) is -0.807. The van der Waals surface area contributed by atoms with Crippen LogP contribution in [0.4, 0.5) is 0 Å². The standard InChI is InChI=1S/C12H20O3/c1-4-15-11(14)9-7-5-6-8-12(2,3)10(9)13/h9H,4-8H2,1-3H3. The minimum atomic E-state index is -0.526. The summed E-state index contributed by atoms with van der Waals surface area (Å²) < 4.78 is 4.94. The van der Waals surface area contributed by atoms with Crippen molar-refractivity contribution in [1.82, 2.24) is 0 Å². The van der Waals surface area contributed by atoms with Gasteiger partial charge in [-0.15, -0.1) is 0 Å². The lowest BCUT2D eigenvalue weighted by molar-refractivity contribution is -0.153. The minimum Gasteiger partial charge on any atom is -0.465 e. The van der Waals surface area contributed by atoms with Crippen molar-refractivity contribution in [3.8, 4) is 0 Å². The van der Waals surface area contributed by atoms with Crippen molar-refractivity contribution in [3.05, 3.63) is 0 Å². The highest BCUT2D eigenvalue weighted by Crippen LogP contribution is 2.34. The van der Waals surface area contributed by atoms with Crippen molar-refractivity contribution in [2.24, 2.45) is 11.3 Å². The Morgan fingerprint density at radius 2 is 2.13 bits per heavy atom. The van der Waals surface area contributed by atoms with Crippen LogP contribution in [0.25, 0.3) is 0 Å². The predicted octanol–water partition coefficient (Wildman–Crippen LogP) is 2.33. The fourth-order valence-electron chi connectivity index (χ4n) is 2.11. The molecule has 0 bridgehead atoms. The Bertz CT molecular complexity index is 256. The van der Waals surface area contributed by atoms with Gasteiger partial charge in [-0.2, -0.15) is 0 Å². The van der Waals surface area contributed by atoms with E-state index in [1.54, 1.807) is 6.92 Å². The monoisotopic (exact) mass is 212 g/mol. The normalized spacial score (nSPS) is 25.8. The molecule has 15 heavy (non-hydrogen) atoms. The van der Waals surface area contributed by atoms with E-state index in [2.05, 4.69) is 0 Å². The molecule has 3 heteroatoms. The smallest absolute Gasteiger partial charge is 0.316 e. The average Bonchev–Trinajstić information content (AvgIpc) is 2.28. The van der Waals surface area contributed by atoms with Gasteiger partial charge in [-0.05, 0) is 19.8 Å². The molecule has 0 spiro atoms. The molecule has 0 aromatic carbocycles. The summed E-state index contributed by atoms with van der Waals surface area (Å²) in [5, 5.41) is 0. The lowest BCUT2D eigenvalue weighted by Crippen LogP contribution is -2.34. The molecule has 0 aromatic heterocycles. The first-order chi connectivity index (χ1) is 6.99. The summed E-state index contributed by atoms with van der Waals surface area (Å²) in [4.78, 5) is 23.7. The molecule has 1 saturated carbocycles. The maximum absolute atomic E-state index is 12.1. The molecular formula is C12H20O3. The van der Waals surface area contributed by atoms with Crippen LogP contribution in [0.3, 0.4) is 0 Å². The second-order valence-electron chi connectivity index (χ2n) is 4.80. The SMILES string of the molecule is CCOC(=O)C1CCCCC(C)(C)C1=O. The number of hydrogen-bond acceptors (Lipinski definition) is 3. The van der Waals surface area contributed by atoms with Crippen molar-refractivity contribution in [2.45, 2.75) is 46.5 Å². The molecule has 86 valence electrons. The Morgan fingerprint density at radius 3 is 2.73 bits per heavy atom. The quantitative estimate of drug-likeness (QED) is 0.401. The Kier molecular flexibility index (Phi) is 3.89. The van der Waals surface area contributed by atoms with Crippen LogP contribution in [0.2, 0.25) is 0 Å². The van der Waals surface area contributed by atoms with Crippen LogP contribution in [-0.4, -0.2) is 18.4 Å². The van der Waals surface area contributed by atoms with Crippen molar-refractivity contribution in [2.75, 3.05) is 6.61 Å². The lowest BCUT2D eigenvalue weighted by atomic mass is 9.80. The summed E-state index contributed by atoms with van der Waals surface area (Å²) >= 11 is 0. The number of rotatable bonds is 2. The van der Waals surface area contributed by atoms with Crippen molar-refractivity contribution in [3.63, 3.8) is 0 Å². The minimum absolute atomic E-state index is 0.0541. The molecule has 1 rings (SSSR count). The fraction of sp³-hybridized carbons (Fsp3) is 0.833. The van der Waals surface area contributed by atoms with E-state index in [0.29, 0.717) is 13.0 Å². The van der Waals surface area contributed by atoms with Gasteiger partial charge in [0.05, 0.1) is 6.61 Å². The van der Waals surface area contributed by atoms with Gasteiger partial charge < -0.3 is 4.74 Å². The van der Waals surface area contributed by atoms with E-state index in [0.717, 1.165) is 19.3 Å². The first-order valence-corrected chi connectivity index (χ1v) is 5.70. The molecule has 0 aliphatic heterocycles. The Morgan fingerprint density at radius 1 is 1.47 bits per heavy atom. The number of ketones is 1. The zero-order valence-corrected chi connectivity index (χ0v) is 9.84. The van der Waals surface area contributed by atoms with Crippen molar-refractivity contribution < 1.29 is 14.3 Å². The summed E-state index contributed by atoms with van der Waals surface area (Å²) in [7, 11) is 0. The molecule has 1 atom stereocenters. The second-order valence-corrected chi connectivity index (χ2v) is 4.80. The Balaban J connectivity index is 2.78. The van der Waals surface area contributed by atoms with E-state index in [-0.39, 0.29) is 17.2 Å². The third-order valence-corrected chi connectivity index (χ3v) is 3.10. The zero-order chi connectivity index (χ0) is 11.5. The number of carbonyl (C=O) groups excluding carboxylic acids is 2. The first kappa shape index (κ1) is 12.2. The number of carbonyl (C=O) groups is 2. The Hall–Kier alpha value is -0.860. The van der Waals surface area contributed by atoms with Crippen LogP contribution in [0.15, 0.2) is 0 Å². The molecule has 0 N–H and O–H groups in total. The Labute approximate surface area is 91.2 Å². The molecule has 1 fully saturated rings. The predicted molar refractivity (Wildman–Crippen MR) is 57.4 cm³/mol. The first-order valence-electron chi connectivity index (χ1n) is 5.70. The number of hydrogen-bond donors (Lipinski definition) is 0. The van der Waals surface area contributed by atoms with Gasteiger partial charge in [-0.1, -0.05) is 26.7 Å². The molecule has 1 aliphatic carbocycles. The van der Waals surface area contributed by atoms with Gasteiger partial charge >= 0.3 is 5.97 Å². The summed E-state index contributed by atoms with van der Waals surface area (Å²) in [6.07, 6.45) is 3.50. The highest BCUT2D eigenvalue weighted by atomic mass is 16.5. The summed E-state index contributed by atoms with van der Waals surface area (Å²) in [6.45, 7) is 5.97. The van der Waals surface area contributed by atoms with Crippen molar-refractivity contribution in [1.29, 1.82) is 0 Å². The zero-order valence-electron chi connectivity index (χ0n) is 9.84. The van der Waals surface area contributed by atoms with Crippen LogP contribution in [-0.2, 0) is 14.3 Å². The van der Waals surface area contributed by atoms with Gasteiger partial charge in [0.1, 0.15) is 5.92 Å². The van der Waals surface area contributed by atoms with E-state index >= 15 is 0 Å². The number of esters is 1. The van der Waals surface area contributed by atoms with Crippen molar-refractivity contribution >= 4 is 11.8 Å². The highest BCUT2D eigenvalue weighted by molar-refractivity contribution is 6.01. The van der Waals surface area contributed by atoms with Crippen LogP contribution >= 0.6 is 0 Å². The van der Waals surface area contributed by atoms with Crippen LogP contribution in [0, 0.1) is 11.3 Å². The third kappa shape index (κ3) is 2.80. The fourth-order valence-corrected chi connectivity index (χ4v) is 2.11. The molecule has 0 heterocycles. The topological polar surface area (TPSA) is 43.4 Å². The van der Waals surface area contributed by atoms with E-state index in [1.807, 2.05) is 13.8 Å². The van der Waals surface area contributed by atoms with Gasteiger partial charge in [0.2, 0.25) is 0 Å². The van der Waals surface area contributed by atoms with E-state index in [9.17, 15) is 9.59 Å². The van der Waals surface area contributed by atoms with Crippen LogP contribution in [0.5, 0.6) is 0 Å². The average molecular weight is 212 g/mol. The summed E-state index contributed by atoms with van der Waals surface area (Å²) in [6, 6.07) is 0. The molecule has 0 aromatic rings. The molecule has 1 unspecified atom stereocenters. The maximum Gasteiger partial charge on any atom is 0.316 e. The molecule has 0 amide bonds. The number of Topliss-reactive ketones (excluding diaryl/α,β-unsaturated/α-hetero) is 1. The van der Waals surface area contributed by atoms with Gasteiger partial charge in [-0.3, -0.25) is 9.59 Å². The molecule has 3 nitrogen and oxygen atoms in total. The van der Waals surface area contributed by atoms with E-state index in [1.165, 1.54) is 0 Å². The van der Waals surface area contributed by atoms with Gasteiger partial charge in [0.15, 0.2) is 5.78 Å². The third-order valence-electron chi connectivity index (χ3n) is 3.10. The van der Waals surface area contributed by atoms with Gasteiger partial charge in [0, 0.05) is 5.41 Å². The molecule has 0 saturated heterocycles. The summed E-state index contributed by atoms with van der Waals surface area (Å²) in [5.41, 5.74) is -0.367. The van der Waals surface area contributed by atoms with Crippen LogP contribution in [0.1, 0.15) is 46.5 Å². The molecule has 0 radical (unpaired) electrons. The van der Waals surface area contributed by atoms with Crippen LogP contribution < -0.4 is 0 Å². The second kappa shape index (κ2) is 4.77. The highest BCUT2D eigenvalue weighted by Gasteiger charge is 2.39. The number of ether oxygens (including phenoxy) is 1. The van der Waals surface area contributed by atoms with E-state index in [4.69, 9.17) is 4.74 Å². The largest absolute Gasteiger partial charge is 0.465 e. The van der Waals surface area contributed by atoms with Gasteiger partial charge in [-0.25, -0.2) is 0 Å². The van der Waals surface area contributed by atoms with E-state index < -0.39 is 5.92 Å². The maximum atomic E-state index is 12.1.